The fraction of sp³-hybridized carbons (Fsp3) is 0.214. The molecule has 3 heteroatoms. The molecule has 3 nitrogen and oxygen atoms in total. The van der Waals surface area contributed by atoms with Crippen LogP contribution in [0.5, 0.6) is 0 Å². The number of rotatable bonds is 2. The first-order valence-corrected chi connectivity index (χ1v) is 5.47. The van der Waals surface area contributed by atoms with Crippen molar-refractivity contribution in [2.24, 2.45) is 0 Å². The van der Waals surface area contributed by atoms with Gasteiger partial charge in [0.2, 0.25) is 0 Å². The van der Waals surface area contributed by atoms with E-state index in [2.05, 4.69) is 0 Å². The highest BCUT2D eigenvalue weighted by Crippen LogP contribution is 2.29. The summed E-state index contributed by atoms with van der Waals surface area (Å²) >= 11 is 0. The molecule has 17 heavy (non-hydrogen) atoms. The van der Waals surface area contributed by atoms with E-state index in [0.717, 1.165) is 5.56 Å². The van der Waals surface area contributed by atoms with Crippen LogP contribution in [0.2, 0.25) is 0 Å². The van der Waals surface area contributed by atoms with Gasteiger partial charge in [0.25, 0.3) is 0 Å². The number of nitrogens with zero attached hydrogens (tertiary/aromatic N) is 1. The van der Waals surface area contributed by atoms with Gasteiger partial charge in [-0.3, -0.25) is 0 Å². The first kappa shape index (κ1) is 11.5. The fourth-order valence-electron chi connectivity index (χ4n) is 1.92. The van der Waals surface area contributed by atoms with Gasteiger partial charge in [0.05, 0.1) is 12.7 Å². The minimum atomic E-state index is -0.282. The van der Waals surface area contributed by atoms with Crippen LogP contribution in [-0.2, 0) is 9.53 Å². The number of hydrogen-bond acceptors (Lipinski definition) is 3. The fourth-order valence-corrected chi connectivity index (χ4v) is 1.92. The molecule has 0 saturated heterocycles. The highest BCUT2D eigenvalue weighted by molar-refractivity contribution is 5.91. The minimum absolute atomic E-state index is 0.0279. The number of benzene rings is 1. The van der Waals surface area contributed by atoms with Gasteiger partial charge in [0, 0.05) is 25.4 Å². The Morgan fingerprint density at radius 1 is 1.29 bits per heavy atom. The van der Waals surface area contributed by atoms with Gasteiger partial charge in [-0.25, -0.2) is 4.79 Å². The van der Waals surface area contributed by atoms with Crippen LogP contribution in [0.4, 0.5) is 0 Å². The normalized spacial score (nSPS) is 18.8. The van der Waals surface area contributed by atoms with Crippen LogP contribution >= 0.6 is 0 Å². The molecule has 0 fully saturated rings. The molecule has 0 aliphatic carbocycles. The summed E-state index contributed by atoms with van der Waals surface area (Å²) in [7, 11) is 3.30. The number of hydrogen-bond donors (Lipinski definition) is 0. The molecule has 0 saturated carbocycles. The van der Waals surface area contributed by atoms with Crippen molar-refractivity contribution in [1.29, 1.82) is 0 Å². The Kier molecular flexibility index (Phi) is 3.28. The summed E-state index contributed by atoms with van der Waals surface area (Å²) in [5.41, 5.74) is 1.75. The van der Waals surface area contributed by atoms with Crippen LogP contribution in [0.15, 0.2) is 54.4 Å². The number of esters is 1. The molecule has 88 valence electrons. The van der Waals surface area contributed by atoms with Crippen molar-refractivity contribution < 1.29 is 9.53 Å². The molecular formula is C14H15NO2. The summed E-state index contributed by atoms with van der Waals surface area (Å²) in [4.78, 5) is 13.6. The third-order valence-corrected chi connectivity index (χ3v) is 2.77. The standard InChI is InChI=1S/C14H15NO2/c1-15-9-8-12(11-6-4-3-5-7-11)13(10-15)14(16)17-2/h3-10,12H,1-2H3/t12-/m0/s1. The van der Waals surface area contributed by atoms with Gasteiger partial charge < -0.3 is 9.64 Å². The molecular weight excluding hydrogens is 214 g/mol. The van der Waals surface area contributed by atoms with E-state index < -0.39 is 0 Å². The monoisotopic (exact) mass is 229 g/mol. The zero-order chi connectivity index (χ0) is 12.3. The minimum Gasteiger partial charge on any atom is -0.466 e. The quantitative estimate of drug-likeness (QED) is 0.729. The van der Waals surface area contributed by atoms with Gasteiger partial charge in [-0.05, 0) is 5.56 Å². The molecule has 0 radical (unpaired) electrons. The molecule has 2 rings (SSSR count). The van der Waals surface area contributed by atoms with Crippen molar-refractivity contribution in [3.8, 4) is 0 Å². The number of carbonyl (C=O) groups is 1. The van der Waals surface area contributed by atoms with E-state index in [1.807, 2.05) is 60.8 Å². The SMILES string of the molecule is COC(=O)C1=CN(C)C=C[C@H]1c1ccccc1. The van der Waals surface area contributed by atoms with E-state index in [4.69, 9.17) is 4.74 Å². The predicted molar refractivity (Wildman–Crippen MR) is 66.2 cm³/mol. The lowest BCUT2D eigenvalue weighted by molar-refractivity contribution is -0.136. The first-order valence-electron chi connectivity index (χ1n) is 5.47. The largest absolute Gasteiger partial charge is 0.466 e. The third kappa shape index (κ3) is 2.38. The maximum atomic E-state index is 11.7. The summed E-state index contributed by atoms with van der Waals surface area (Å²) in [6.07, 6.45) is 5.76. The van der Waals surface area contributed by atoms with E-state index in [1.54, 1.807) is 0 Å². The summed E-state index contributed by atoms with van der Waals surface area (Å²) in [5.74, 6) is -0.310. The van der Waals surface area contributed by atoms with Gasteiger partial charge in [0.15, 0.2) is 0 Å². The highest BCUT2D eigenvalue weighted by Gasteiger charge is 2.23. The molecule has 1 aromatic carbocycles. The topological polar surface area (TPSA) is 29.5 Å². The molecule has 0 N–H and O–H groups in total. The lowest BCUT2D eigenvalue weighted by Gasteiger charge is -2.23. The van der Waals surface area contributed by atoms with Crippen molar-refractivity contribution in [2.45, 2.75) is 5.92 Å². The summed E-state index contributed by atoms with van der Waals surface area (Å²) in [6.45, 7) is 0. The second kappa shape index (κ2) is 4.87. The van der Waals surface area contributed by atoms with Gasteiger partial charge in [-0.2, -0.15) is 0 Å². The Bertz CT molecular complexity index is 462. The molecule has 0 unspecified atom stereocenters. The van der Waals surface area contributed by atoms with Crippen LogP contribution in [0.3, 0.4) is 0 Å². The Labute approximate surface area is 101 Å². The van der Waals surface area contributed by atoms with E-state index >= 15 is 0 Å². The van der Waals surface area contributed by atoms with Gasteiger partial charge in [-0.1, -0.05) is 36.4 Å². The molecule has 1 aromatic rings. The third-order valence-electron chi connectivity index (χ3n) is 2.77. The van der Waals surface area contributed by atoms with Crippen molar-refractivity contribution in [3.63, 3.8) is 0 Å². The molecule has 1 atom stereocenters. The van der Waals surface area contributed by atoms with Gasteiger partial charge in [0.1, 0.15) is 0 Å². The smallest absolute Gasteiger partial charge is 0.336 e. The van der Waals surface area contributed by atoms with Crippen LogP contribution in [0.1, 0.15) is 11.5 Å². The molecule has 1 heterocycles. The summed E-state index contributed by atoms with van der Waals surface area (Å²) < 4.78 is 4.82. The average molecular weight is 229 g/mol. The molecule has 0 aromatic heterocycles. The van der Waals surface area contributed by atoms with Crippen molar-refractivity contribution in [1.82, 2.24) is 4.90 Å². The Morgan fingerprint density at radius 2 is 2.00 bits per heavy atom. The Morgan fingerprint density at radius 3 is 2.65 bits per heavy atom. The Hall–Kier alpha value is -2.03. The van der Waals surface area contributed by atoms with E-state index in [0.29, 0.717) is 5.57 Å². The highest BCUT2D eigenvalue weighted by atomic mass is 16.5. The van der Waals surface area contributed by atoms with Gasteiger partial charge >= 0.3 is 5.97 Å². The second-order valence-corrected chi connectivity index (χ2v) is 3.97. The van der Waals surface area contributed by atoms with E-state index in [1.165, 1.54) is 7.11 Å². The van der Waals surface area contributed by atoms with Crippen molar-refractivity contribution in [3.05, 3.63) is 59.9 Å². The van der Waals surface area contributed by atoms with Crippen LogP contribution in [-0.4, -0.2) is 25.0 Å². The van der Waals surface area contributed by atoms with E-state index in [9.17, 15) is 4.79 Å². The number of carbonyl (C=O) groups excluding carboxylic acids is 1. The predicted octanol–water partition coefficient (Wildman–Crippen LogP) is 2.29. The Balaban J connectivity index is 2.36. The number of ether oxygens (including phenoxy) is 1. The average Bonchev–Trinajstić information content (AvgIpc) is 2.38. The summed E-state index contributed by atoms with van der Waals surface area (Å²) in [5, 5.41) is 0. The van der Waals surface area contributed by atoms with Crippen LogP contribution in [0.25, 0.3) is 0 Å². The zero-order valence-electron chi connectivity index (χ0n) is 9.96. The second-order valence-electron chi connectivity index (χ2n) is 3.97. The zero-order valence-corrected chi connectivity index (χ0v) is 9.96. The van der Waals surface area contributed by atoms with Crippen molar-refractivity contribution in [2.75, 3.05) is 14.2 Å². The van der Waals surface area contributed by atoms with Gasteiger partial charge in [-0.15, -0.1) is 0 Å². The molecule has 1 aliphatic heterocycles. The number of methoxy groups -OCH3 is 1. The summed E-state index contributed by atoms with van der Waals surface area (Å²) in [6, 6.07) is 9.92. The maximum Gasteiger partial charge on any atom is 0.336 e. The van der Waals surface area contributed by atoms with E-state index in [-0.39, 0.29) is 11.9 Å². The lowest BCUT2D eigenvalue weighted by atomic mass is 9.90. The molecule has 0 bridgehead atoms. The lowest BCUT2D eigenvalue weighted by Crippen LogP contribution is -2.19. The van der Waals surface area contributed by atoms with Crippen LogP contribution < -0.4 is 0 Å². The van der Waals surface area contributed by atoms with Crippen molar-refractivity contribution >= 4 is 5.97 Å². The molecule has 0 spiro atoms. The number of allylic oxidation sites excluding steroid dienone is 1. The first-order chi connectivity index (χ1) is 8.22. The molecule has 0 amide bonds. The maximum absolute atomic E-state index is 11.7. The molecule has 1 aliphatic rings. The van der Waals surface area contributed by atoms with Crippen LogP contribution in [0, 0.1) is 0 Å².